The number of aliphatic hydroxyl groups excluding tert-OH is 1. The number of amides is 1. The third-order valence-electron chi connectivity index (χ3n) is 5.05. The van der Waals surface area contributed by atoms with Crippen molar-refractivity contribution in [3.8, 4) is 12.3 Å². The Bertz CT molecular complexity index is 629. The van der Waals surface area contributed by atoms with Crippen LogP contribution in [0.25, 0.3) is 0 Å². The molecule has 0 spiro atoms. The van der Waals surface area contributed by atoms with Gasteiger partial charge in [-0.05, 0) is 52.8 Å². The fourth-order valence-corrected chi connectivity index (χ4v) is 4.21. The fourth-order valence-electron chi connectivity index (χ4n) is 3.45. The molecule has 1 rings (SSSR count). The lowest BCUT2D eigenvalue weighted by atomic mass is 9.89. The Hall–Kier alpha value is -1.37. The minimum Gasteiger partial charge on any atom is -0.384 e. The van der Waals surface area contributed by atoms with Crippen LogP contribution in [0.3, 0.4) is 0 Å². The van der Waals surface area contributed by atoms with Crippen LogP contribution in [0.5, 0.6) is 0 Å². The van der Waals surface area contributed by atoms with Crippen LogP contribution in [-0.2, 0) is 9.59 Å². The molecule has 0 aromatic heterocycles. The van der Waals surface area contributed by atoms with Gasteiger partial charge in [-0.25, -0.2) is 0 Å². The number of likely N-dealkylation sites (N-methyl/N-ethyl adjacent to an activating group) is 1. The summed E-state index contributed by atoms with van der Waals surface area (Å²) in [6.07, 6.45) is 10.0. The molecular weight excluding hydrogens is 469 g/mol. The van der Waals surface area contributed by atoms with Crippen LogP contribution in [0, 0.1) is 18.3 Å². The Morgan fingerprint density at radius 1 is 1.43 bits per heavy atom. The summed E-state index contributed by atoms with van der Waals surface area (Å²) in [6, 6.07) is 0. The van der Waals surface area contributed by atoms with Gasteiger partial charge in [0.1, 0.15) is 6.10 Å². The van der Waals surface area contributed by atoms with Gasteiger partial charge in [0, 0.05) is 43.2 Å². The van der Waals surface area contributed by atoms with Gasteiger partial charge in [0.25, 0.3) is 5.91 Å². The van der Waals surface area contributed by atoms with E-state index in [4.69, 9.17) is 6.42 Å². The second-order valence-electron chi connectivity index (χ2n) is 6.94. The number of hydrogen-bond donors (Lipinski definition) is 2. The normalized spacial score (nSPS) is 17.7. The molecule has 28 heavy (non-hydrogen) atoms. The molecule has 0 aromatic rings. The highest BCUT2D eigenvalue weighted by Gasteiger charge is 2.26. The number of likely N-dealkylation sites (tertiary alicyclic amines) is 1. The van der Waals surface area contributed by atoms with Gasteiger partial charge in [-0.2, -0.15) is 0 Å². The fraction of sp³-hybridized carbons (Fsp3) is 0.619. The van der Waals surface area contributed by atoms with Crippen LogP contribution in [0.2, 0.25) is 0 Å². The van der Waals surface area contributed by atoms with Crippen molar-refractivity contribution in [2.24, 2.45) is 5.92 Å². The van der Waals surface area contributed by atoms with E-state index >= 15 is 0 Å². The number of nitrogens with one attached hydrogen (secondary N) is 1. The van der Waals surface area contributed by atoms with Crippen molar-refractivity contribution in [3.05, 3.63) is 23.4 Å². The second-order valence-corrected chi connectivity index (χ2v) is 7.48. The number of nitrogens with zero attached hydrogens (tertiary/aromatic N) is 2. The molecule has 1 saturated heterocycles. The first-order chi connectivity index (χ1) is 13.4. The number of halogens is 1. The van der Waals surface area contributed by atoms with Crippen LogP contribution < -0.4 is 3.53 Å². The molecule has 1 amide bonds. The lowest BCUT2D eigenvalue weighted by molar-refractivity contribution is -0.139. The van der Waals surface area contributed by atoms with Crippen molar-refractivity contribution >= 4 is 34.6 Å². The van der Waals surface area contributed by atoms with Crippen molar-refractivity contribution in [3.63, 3.8) is 0 Å². The molecule has 6 nitrogen and oxygen atoms in total. The summed E-state index contributed by atoms with van der Waals surface area (Å²) in [4.78, 5) is 28.4. The van der Waals surface area contributed by atoms with E-state index in [0.717, 1.165) is 38.2 Å². The van der Waals surface area contributed by atoms with Crippen LogP contribution in [0.1, 0.15) is 40.0 Å². The van der Waals surface area contributed by atoms with E-state index in [0.29, 0.717) is 25.1 Å². The zero-order valence-corrected chi connectivity index (χ0v) is 19.2. The van der Waals surface area contributed by atoms with E-state index in [-0.39, 0.29) is 17.6 Å². The van der Waals surface area contributed by atoms with Gasteiger partial charge in [0.15, 0.2) is 5.78 Å². The zero-order valence-electron chi connectivity index (χ0n) is 17.1. The molecule has 1 aliphatic rings. The molecule has 0 saturated carbocycles. The minimum atomic E-state index is -0.961. The number of allylic oxidation sites excluding steroid dienone is 4. The lowest BCUT2D eigenvalue weighted by Crippen LogP contribution is -2.44. The molecule has 7 heteroatoms. The largest absolute Gasteiger partial charge is 0.384 e. The molecule has 0 bridgehead atoms. The monoisotopic (exact) mass is 501 g/mol. The maximum Gasteiger partial charge on any atom is 0.251 e. The molecule has 0 aromatic carbocycles. The Morgan fingerprint density at radius 2 is 2.07 bits per heavy atom. The van der Waals surface area contributed by atoms with Gasteiger partial charge < -0.3 is 18.4 Å². The summed E-state index contributed by atoms with van der Waals surface area (Å²) in [7, 11) is 0. The third kappa shape index (κ3) is 7.22. The first kappa shape index (κ1) is 24.7. The highest BCUT2D eigenvalue weighted by molar-refractivity contribution is 14.1. The average Bonchev–Trinajstić information content (AvgIpc) is 2.69. The van der Waals surface area contributed by atoms with Crippen molar-refractivity contribution in [2.45, 2.75) is 46.1 Å². The number of piperidine rings is 1. The van der Waals surface area contributed by atoms with E-state index in [1.165, 1.54) is 6.92 Å². The molecule has 1 unspecified atom stereocenters. The van der Waals surface area contributed by atoms with E-state index in [1.807, 2.05) is 13.8 Å². The molecule has 0 aliphatic carbocycles. The van der Waals surface area contributed by atoms with E-state index in [1.54, 1.807) is 17.1 Å². The van der Waals surface area contributed by atoms with E-state index < -0.39 is 6.10 Å². The van der Waals surface area contributed by atoms with Crippen LogP contribution in [0.4, 0.5) is 0 Å². The van der Waals surface area contributed by atoms with Gasteiger partial charge in [0.2, 0.25) is 0 Å². The van der Waals surface area contributed by atoms with Crippen molar-refractivity contribution < 1.29 is 14.7 Å². The van der Waals surface area contributed by atoms with Gasteiger partial charge >= 0.3 is 0 Å². The molecule has 1 aliphatic heterocycles. The smallest absolute Gasteiger partial charge is 0.251 e. The van der Waals surface area contributed by atoms with E-state index in [2.05, 4.69) is 37.2 Å². The van der Waals surface area contributed by atoms with Crippen molar-refractivity contribution in [1.82, 2.24) is 13.3 Å². The summed E-state index contributed by atoms with van der Waals surface area (Å²) >= 11 is 2.08. The Balaban J connectivity index is 2.73. The number of rotatable bonds is 10. The lowest BCUT2D eigenvalue weighted by Gasteiger charge is -2.35. The SMILES string of the molecule is C#CCC(C(=O)/C=C\C)=C(NI)C1CCN(CCN(CC)C(=O)C(C)O)CC1. The van der Waals surface area contributed by atoms with Crippen LogP contribution >= 0.6 is 22.9 Å². The van der Waals surface area contributed by atoms with Gasteiger partial charge in [0.05, 0.1) is 22.9 Å². The van der Waals surface area contributed by atoms with Gasteiger partial charge in [-0.1, -0.05) is 6.08 Å². The number of terminal acetylenes is 1. The van der Waals surface area contributed by atoms with Crippen LogP contribution in [-0.4, -0.2) is 65.4 Å². The molecule has 2 N–H and O–H groups in total. The van der Waals surface area contributed by atoms with Crippen LogP contribution in [0.15, 0.2) is 23.4 Å². The molecule has 0 radical (unpaired) electrons. The summed E-state index contributed by atoms with van der Waals surface area (Å²) in [6.45, 7) is 9.03. The predicted molar refractivity (Wildman–Crippen MR) is 121 cm³/mol. The Morgan fingerprint density at radius 3 is 2.54 bits per heavy atom. The quantitative estimate of drug-likeness (QED) is 0.208. The highest BCUT2D eigenvalue weighted by atomic mass is 127. The van der Waals surface area contributed by atoms with Crippen molar-refractivity contribution in [2.75, 3.05) is 32.7 Å². The highest BCUT2D eigenvalue weighted by Crippen LogP contribution is 2.27. The standard InChI is InChI=1S/C21H32IN3O3/c1-5-8-18(19(27)9-6-2)20(23-22)17-10-12-24(13-11-17)14-15-25(7-3)21(28)16(4)26/h1,6,9,16-17,23,26H,7-8,10-15H2,2-4H3/b9-6-,20-18?. The number of carbonyl (C=O) groups excluding carboxylic acids is 2. The number of aliphatic hydroxyl groups is 1. The van der Waals surface area contributed by atoms with Gasteiger partial charge in [-0.3, -0.25) is 9.59 Å². The maximum absolute atomic E-state index is 12.4. The number of ketones is 1. The third-order valence-corrected chi connectivity index (χ3v) is 5.64. The maximum atomic E-state index is 12.4. The second kappa shape index (κ2) is 13.0. The molecule has 1 fully saturated rings. The molecular formula is C21H32IN3O3. The number of hydrogen-bond acceptors (Lipinski definition) is 5. The topological polar surface area (TPSA) is 72.9 Å². The molecule has 156 valence electrons. The average molecular weight is 501 g/mol. The first-order valence-corrected chi connectivity index (χ1v) is 10.9. The molecule has 1 atom stereocenters. The van der Waals surface area contributed by atoms with Gasteiger partial charge in [-0.15, -0.1) is 12.3 Å². The van der Waals surface area contributed by atoms with Crippen molar-refractivity contribution in [1.29, 1.82) is 0 Å². The number of carbonyl (C=O) groups is 2. The summed E-state index contributed by atoms with van der Waals surface area (Å²) in [5.74, 6) is 2.62. The summed E-state index contributed by atoms with van der Waals surface area (Å²) < 4.78 is 3.20. The first-order valence-electron chi connectivity index (χ1n) is 9.78. The molecule has 1 heterocycles. The zero-order chi connectivity index (χ0) is 21.1. The summed E-state index contributed by atoms with van der Waals surface area (Å²) in [5.41, 5.74) is 1.62. The minimum absolute atomic E-state index is 0.0303. The Kier molecular flexibility index (Phi) is 11.4. The summed E-state index contributed by atoms with van der Waals surface area (Å²) in [5, 5.41) is 9.50. The predicted octanol–water partition coefficient (Wildman–Crippen LogP) is 2.29. The Labute approximate surface area is 182 Å². The van der Waals surface area contributed by atoms with E-state index in [9.17, 15) is 14.7 Å².